The van der Waals surface area contributed by atoms with Gasteiger partial charge in [-0.15, -0.1) is 0 Å². The zero-order chi connectivity index (χ0) is 20.8. The average Bonchev–Trinajstić information content (AvgIpc) is 2.72. The quantitative estimate of drug-likeness (QED) is 0.261. The normalized spacial score (nSPS) is 13.0. The van der Waals surface area contributed by atoms with E-state index in [4.69, 9.17) is 9.47 Å². The standard InChI is InChI=1S/C24H38O4/c1-5-9-11-16-21(7-3)27-23(25)19-14-13-15-20(18-19)24(26)28-22(8-4)17-12-10-6-2/h13-15,18,21-22H,5-12,16-17H2,1-4H3. The second-order valence-electron chi connectivity index (χ2n) is 7.44. The van der Waals surface area contributed by atoms with Gasteiger partial charge in [-0.1, -0.05) is 59.4 Å². The van der Waals surface area contributed by atoms with E-state index < -0.39 is 0 Å². The van der Waals surface area contributed by atoms with Crippen molar-refractivity contribution in [3.8, 4) is 0 Å². The molecule has 2 atom stereocenters. The second kappa shape index (κ2) is 14.2. The van der Waals surface area contributed by atoms with Gasteiger partial charge in [0, 0.05) is 0 Å². The van der Waals surface area contributed by atoms with Crippen molar-refractivity contribution in [3.05, 3.63) is 35.4 Å². The Bertz CT molecular complexity index is 534. The molecular weight excluding hydrogens is 352 g/mol. The van der Waals surface area contributed by atoms with Gasteiger partial charge in [0.25, 0.3) is 0 Å². The molecule has 0 aromatic heterocycles. The molecule has 1 rings (SSSR count). The predicted molar refractivity (Wildman–Crippen MR) is 114 cm³/mol. The van der Waals surface area contributed by atoms with Crippen molar-refractivity contribution in [2.24, 2.45) is 0 Å². The van der Waals surface area contributed by atoms with Crippen molar-refractivity contribution in [3.63, 3.8) is 0 Å². The Labute approximate surface area is 171 Å². The van der Waals surface area contributed by atoms with E-state index in [1.165, 1.54) is 0 Å². The molecular formula is C24H38O4. The summed E-state index contributed by atoms with van der Waals surface area (Å²) in [5, 5.41) is 0. The average molecular weight is 391 g/mol. The molecule has 0 N–H and O–H groups in total. The lowest BCUT2D eigenvalue weighted by Gasteiger charge is -2.17. The first-order valence-corrected chi connectivity index (χ1v) is 11.1. The summed E-state index contributed by atoms with van der Waals surface area (Å²) in [4.78, 5) is 25.0. The zero-order valence-corrected chi connectivity index (χ0v) is 18.2. The van der Waals surface area contributed by atoms with Crippen molar-refractivity contribution in [1.29, 1.82) is 0 Å². The summed E-state index contributed by atoms with van der Waals surface area (Å²) in [5.41, 5.74) is 0.810. The highest BCUT2D eigenvalue weighted by atomic mass is 16.5. The van der Waals surface area contributed by atoms with Gasteiger partial charge in [0.15, 0.2) is 0 Å². The topological polar surface area (TPSA) is 52.6 Å². The third-order valence-electron chi connectivity index (χ3n) is 5.05. The van der Waals surface area contributed by atoms with Gasteiger partial charge in [-0.25, -0.2) is 9.59 Å². The highest BCUT2D eigenvalue weighted by Crippen LogP contribution is 2.16. The van der Waals surface area contributed by atoms with Gasteiger partial charge in [-0.2, -0.15) is 0 Å². The molecule has 2 unspecified atom stereocenters. The van der Waals surface area contributed by atoms with Gasteiger partial charge >= 0.3 is 11.9 Å². The second-order valence-corrected chi connectivity index (χ2v) is 7.44. The Morgan fingerprint density at radius 3 is 1.54 bits per heavy atom. The van der Waals surface area contributed by atoms with Crippen LogP contribution in [-0.4, -0.2) is 24.1 Å². The van der Waals surface area contributed by atoms with Crippen LogP contribution in [0.3, 0.4) is 0 Å². The first kappa shape index (κ1) is 24.2. The Morgan fingerprint density at radius 1 is 0.750 bits per heavy atom. The van der Waals surface area contributed by atoms with E-state index in [0.717, 1.165) is 64.2 Å². The lowest BCUT2D eigenvalue weighted by molar-refractivity contribution is 0.0266. The fraction of sp³-hybridized carbons (Fsp3) is 0.667. The van der Waals surface area contributed by atoms with Gasteiger partial charge in [-0.3, -0.25) is 0 Å². The first-order chi connectivity index (χ1) is 13.5. The molecule has 4 nitrogen and oxygen atoms in total. The Kier molecular flexibility index (Phi) is 12.3. The minimum Gasteiger partial charge on any atom is -0.459 e. The van der Waals surface area contributed by atoms with Crippen LogP contribution in [0.15, 0.2) is 24.3 Å². The number of ether oxygens (including phenoxy) is 2. The van der Waals surface area contributed by atoms with E-state index in [2.05, 4.69) is 13.8 Å². The maximum Gasteiger partial charge on any atom is 0.338 e. The van der Waals surface area contributed by atoms with Gasteiger partial charge in [0.2, 0.25) is 0 Å². The Balaban J connectivity index is 2.68. The van der Waals surface area contributed by atoms with E-state index >= 15 is 0 Å². The van der Waals surface area contributed by atoms with Gasteiger partial charge in [-0.05, 0) is 56.7 Å². The summed E-state index contributed by atoms with van der Waals surface area (Å²) >= 11 is 0. The molecule has 0 bridgehead atoms. The molecule has 0 saturated heterocycles. The van der Waals surface area contributed by atoms with E-state index in [1.807, 2.05) is 13.8 Å². The molecule has 0 fully saturated rings. The number of unbranched alkanes of at least 4 members (excludes halogenated alkanes) is 4. The van der Waals surface area contributed by atoms with Crippen molar-refractivity contribution in [2.75, 3.05) is 0 Å². The minimum absolute atomic E-state index is 0.0716. The molecule has 158 valence electrons. The van der Waals surface area contributed by atoms with Crippen molar-refractivity contribution >= 4 is 11.9 Å². The summed E-state index contributed by atoms with van der Waals surface area (Å²) in [6.07, 6.45) is 9.92. The molecule has 1 aromatic carbocycles. The van der Waals surface area contributed by atoms with E-state index in [-0.39, 0.29) is 24.1 Å². The molecule has 0 aliphatic carbocycles. The molecule has 28 heavy (non-hydrogen) atoms. The van der Waals surface area contributed by atoms with Crippen LogP contribution in [0, 0.1) is 0 Å². The van der Waals surface area contributed by atoms with Crippen LogP contribution in [0.5, 0.6) is 0 Å². The summed E-state index contributed by atoms with van der Waals surface area (Å²) in [6.45, 7) is 8.37. The van der Waals surface area contributed by atoms with Gasteiger partial charge in [0.05, 0.1) is 11.1 Å². The van der Waals surface area contributed by atoms with Crippen LogP contribution in [-0.2, 0) is 9.47 Å². The van der Waals surface area contributed by atoms with Crippen LogP contribution >= 0.6 is 0 Å². The highest BCUT2D eigenvalue weighted by molar-refractivity contribution is 5.95. The summed E-state index contributed by atoms with van der Waals surface area (Å²) in [5.74, 6) is -0.735. The predicted octanol–water partition coefficient (Wildman–Crippen LogP) is 6.72. The summed E-state index contributed by atoms with van der Waals surface area (Å²) in [7, 11) is 0. The minimum atomic E-state index is -0.368. The molecule has 0 aliphatic heterocycles. The first-order valence-electron chi connectivity index (χ1n) is 11.1. The number of esters is 2. The van der Waals surface area contributed by atoms with Gasteiger partial charge < -0.3 is 9.47 Å². The van der Waals surface area contributed by atoms with Crippen LogP contribution < -0.4 is 0 Å². The number of rotatable bonds is 14. The Hall–Kier alpha value is -1.84. The third kappa shape index (κ3) is 8.90. The largest absolute Gasteiger partial charge is 0.459 e. The van der Waals surface area contributed by atoms with Crippen molar-refractivity contribution in [1.82, 2.24) is 0 Å². The lowest BCUT2D eigenvalue weighted by Crippen LogP contribution is -2.19. The number of benzene rings is 1. The number of hydrogen-bond donors (Lipinski definition) is 0. The van der Waals surface area contributed by atoms with Crippen LogP contribution in [0.25, 0.3) is 0 Å². The molecule has 4 heteroatoms. The molecule has 0 radical (unpaired) electrons. The number of carbonyl (C=O) groups is 2. The fourth-order valence-electron chi connectivity index (χ4n) is 3.15. The molecule has 0 amide bonds. The van der Waals surface area contributed by atoms with Crippen LogP contribution in [0.4, 0.5) is 0 Å². The van der Waals surface area contributed by atoms with E-state index in [9.17, 15) is 9.59 Å². The number of carbonyl (C=O) groups excluding carboxylic acids is 2. The van der Waals surface area contributed by atoms with E-state index in [1.54, 1.807) is 24.3 Å². The number of hydrogen-bond acceptors (Lipinski definition) is 4. The third-order valence-corrected chi connectivity index (χ3v) is 5.05. The lowest BCUT2D eigenvalue weighted by atomic mass is 10.1. The summed E-state index contributed by atoms with van der Waals surface area (Å²) < 4.78 is 11.3. The van der Waals surface area contributed by atoms with Crippen LogP contribution in [0.1, 0.15) is 113 Å². The Morgan fingerprint density at radius 2 is 1.18 bits per heavy atom. The molecule has 0 spiro atoms. The SMILES string of the molecule is CCCCCC(CC)OC(=O)c1cccc(C(=O)OC(CC)CCCCC)c1. The van der Waals surface area contributed by atoms with E-state index in [0.29, 0.717) is 11.1 Å². The smallest absolute Gasteiger partial charge is 0.338 e. The maximum absolute atomic E-state index is 12.5. The maximum atomic E-state index is 12.5. The van der Waals surface area contributed by atoms with Crippen molar-refractivity contribution < 1.29 is 19.1 Å². The highest BCUT2D eigenvalue weighted by Gasteiger charge is 2.18. The summed E-state index contributed by atoms with van der Waals surface area (Å²) in [6, 6.07) is 6.68. The molecule has 0 heterocycles. The van der Waals surface area contributed by atoms with Gasteiger partial charge in [0.1, 0.15) is 12.2 Å². The van der Waals surface area contributed by atoms with Crippen LogP contribution in [0.2, 0.25) is 0 Å². The molecule has 0 saturated carbocycles. The molecule has 1 aromatic rings. The van der Waals surface area contributed by atoms with Crippen molar-refractivity contribution in [2.45, 2.75) is 104 Å². The monoisotopic (exact) mass is 390 g/mol. The zero-order valence-electron chi connectivity index (χ0n) is 18.2. The molecule has 0 aliphatic rings. The fourth-order valence-corrected chi connectivity index (χ4v) is 3.15.